The zero-order valence-electron chi connectivity index (χ0n) is 16.0. The van der Waals surface area contributed by atoms with Gasteiger partial charge in [-0.25, -0.2) is 0 Å². The Balaban J connectivity index is 1.79. The highest BCUT2D eigenvalue weighted by molar-refractivity contribution is 6.32. The van der Waals surface area contributed by atoms with Crippen LogP contribution in [0.4, 0.5) is 0 Å². The Labute approximate surface area is 160 Å². The van der Waals surface area contributed by atoms with Crippen LogP contribution in [0.25, 0.3) is 0 Å². The lowest BCUT2D eigenvalue weighted by atomic mass is 10.1. The summed E-state index contributed by atoms with van der Waals surface area (Å²) in [5.74, 6) is 1.26. The fourth-order valence-electron chi connectivity index (χ4n) is 2.52. The Hall–Kier alpha value is -2.20. The number of amides is 1. The van der Waals surface area contributed by atoms with Crippen LogP contribution in [0.15, 0.2) is 30.3 Å². The predicted octanol–water partition coefficient (Wildman–Crippen LogP) is 4.54. The number of halogens is 1. The number of hydrogen-bond donors (Lipinski definition) is 1. The molecular formula is C21H26ClNO3. The summed E-state index contributed by atoms with van der Waals surface area (Å²) in [5, 5.41) is 3.54. The van der Waals surface area contributed by atoms with Gasteiger partial charge >= 0.3 is 0 Å². The number of benzene rings is 2. The van der Waals surface area contributed by atoms with Crippen LogP contribution in [0, 0.1) is 27.7 Å². The fraction of sp³-hybridized carbons (Fsp3) is 0.381. The lowest BCUT2D eigenvalue weighted by Gasteiger charge is -2.16. The van der Waals surface area contributed by atoms with E-state index in [1.807, 2.05) is 51.1 Å². The number of carbonyl (C=O) groups is 1. The van der Waals surface area contributed by atoms with Gasteiger partial charge in [0.1, 0.15) is 18.1 Å². The third-order valence-corrected chi connectivity index (χ3v) is 4.84. The molecule has 0 aliphatic rings. The van der Waals surface area contributed by atoms with Crippen LogP contribution in [0.2, 0.25) is 5.02 Å². The molecule has 4 nitrogen and oxygen atoms in total. The molecule has 1 N–H and O–H groups in total. The fourth-order valence-corrected chi connectivity index (χ4v) is 2.63. The normalized spacial score (nSPS) is 11.8. The van der Waals surface area contributed by atoms with Crippen molar-refractivity contribution in [1.82, 2.24) is 5.32 Å². The predicted molar refractivity (Wildman–Crippen MR) is 105 cm³/mol. The monoisotopic (exact) mass is 375 g/mol. The first kappa shape index (κ1) is 20.1. The third kappa shape index (κ3) is 5.40. The van der Waals surface area contributed by atoms with Gasteiger partial charge in [-0.3, -0.25) is 4.79 Å². The van der Waals surface area contributed by atoms with E-state index in [0.29, 0.717) is 18.9 Å². The van der Waals surface area contributed by atoms with E-state index in [0.717, 1.165) is 21.9 Å². The molecule has 1 unspecified atom stereocenters. The van der Waals surface area contributed by atoms with Crippen molar-refractivity contribution in [2.45, 2.75) is 40.7 Å². The standard InChI is InChI=1S/C21H26ClNO3/c1-13-6-7-18(10-14(13)2)25-9-8-23-21(24)17(5)26-19-11-15(3)20(22)16(4)12-19/h6-7,10-12,17H,8-9H2,1-5H3,(H,23,24). The molecule has 26 heavy (non-hydrogen) atoms. The summed E-state index contributed by atoms with van der Waals surface area (Å²) >= 11 is 6.15. The van der Waals surface area contributed by atoms with Crippen LogP contribution >= 0.6 is 11.6 Å². The number of nitrogens with one attached hydrogen (secondary N) is 1. The highest BCUT2D eigenvalue weighted by Gasteiger charge is 2.15. The molecule has 0 fully saturated rings. The molecule has 2 aromatic rings. The van der Waals surface area contributed by atoms with E-state index in [1.165, 1.54) is 11.1 Å². The molecule has 0 aliphatic heterocycles. The Bertz CT molecular complexity index is 766. The second-order valence-corrected chi connectivity index (χ2v) is 6.89. The molecule has 0 heterocycles. The van der Waals surface area contributed by atoms with Crippen molar-refractivity contribution < 1.29 is 14.3 Å². The topological polar surface area (TPSA) is 47.6 Å². The van der Waals surface area contributed by atoms with E-state index in [2.05, 4.69) is 12.2 Å². The van der Waals surface area contributed by atoms with Crippen LogP contribution in [0.3, 0.4) is 0 Å². The van der Waals surface area contributed by atoms with Crippen molar-refractivity contribution in [3.8, 4) is 11.5 Å². The average Bonchev–Trinajstić information content (AvgIpc) is 2.59. The molecule has 0 radical (unpaired) electrons. The van der Waals surface area contributed by atoms with Crippen molar-refractivity contribution in [2.24, 2.45) is 0 Å². The molecule has 5 heteroatoms. The zero-order chi connectivity index (χ0) is 19.3. The molecule has 2 aromatic carbocycles. The van der Waals surface area contributed by atoms with E-state index in [-0.39, 0.29) is 5.91 Å². The number of ether oxygens (including phenoxy) is 2. The van der Waals surface area contributed by atoms with Gasteiger partial charge in [0, 0.05) is 5.02 Å². The molecule has 1 amide bonds. The first-order valence-corrected chi connectivity index (χ1v) is 9.07. The minimum atomic E-state index is -0.600. The van der Waals surface area contributed by atoms with Gasteiger partial charge in [0.15, 0.2) is 6.10 Å². The SMILES string of the molecule is Cc1ccc(OCCNC(=O)C(C)Oc2cc(C)c(Cl)c(C)c2)cc1C. The highest BCUT2D eigenvalue weighted by Crippen LogP contribution is 2.26. The van der Waals surface area contributed by atoms with Gasteiger partial charge < -0.3 is 14.8 Å². The maximum Gasteiger partial charge on any atom is 0.260 e. The third-order valence-electron chi connectivity index (χ3n) is 4.24. The van der Waals surface area contributed by atoms with Gasteiger partial charge in [-0.15, -0.1) is 0 Å². The van der Waals surface area contributed by atoms with E-state index >= 15 is 0 Å². The zero-order valence-corrected chi connectivity index (χ0v) is 16.7. The van der Waals surface area contributed by atoms with Crippen LogP contribution in [0.1, 0.15) is 29.2 Å². The lowest BCUT2D eigenvalue weighted by molar-refractivity contribution is -0.127. The van der Waals surface area contributed by atoms with Gasteiger partial charge in [0.2, 0.25) is 0 Å². The van der Waals surface area contributed by atoms with Gasteiger partial charge in [0.25, 0.3) is 5.91 Å². The molecule has 1 atom stereocenters. The Kier molecular flexibility index (Phi) is 6.92. The lowest BCUT2D eigenvalue weighted by Crippen LogP contribution is -2.38. The molecule has 0 saturated carbocycles. The van der Waals surface area contributed by atoms with Gasteiger partial charge in [-0.2, -0.15) is 0 Å². The molecule has 140 valence electrons. The molecule has 0 aromatic heterocycles. The summed E-state index contributed by atoms with van der Waals surface area (Å²) in [6.07, 6.45) is -0.600. The van der Waals surface area contributed by atoms with E-state index < -0.39 is 6.10 Å². The van der Waals surface area contributed by atoms with Gasteiger partial charge in [-0.1, -0.05) is 17.7 Å². The van der Waals surface area contributed by atoms with Crippen molar-refractivity contribution >= 4 is 17.5 Å². The van der Waals surface area contributed by atoms with Crippen LogP contribution in [0.5, 0.6) is 11.5 Å². The maximum absolute atomic E-state index is 12.2. The molecule has 0 spiro atoms. The highest BCUT2D eigenvalue weighted by atomic mass is 35.5. The van der Waals surface area contributed by atoms with Crippen molar-refractivity contribution in [2.75, 3.05) is 13.2 Å². The van der Waals surface area contributed by atoms with Crippen molar-refractivity contribution in [3.63, 3.8) is 0 Å². The summed E-state index contributed by atoms with van der Waals surface area (Å²) in [6, 6.07) is 9.62. The molecule has 0 bridgehead atoms. The Morgan fingerprint density at radius 3 is 2.23 bits per heavy atom. The van der Waals surface area contributed by atoms with E-state index in [1.54, 1.807) is 6.92 Å². The molecular weight excluding hydrogens is 350 g/mol. The quantitative estimate of drug-likeness (QED) is 0.723. The second kappa shape index (κ2) is 8.95. The molecule has 0 saturated heterocycles. The summed E-state index contributed by atoms with van der Waals surface area (Å²) < 4.78 is 11.4. The van der Waals surface area contributed by atoms with Crippen LogP contribution in [-0.2, 0) is 4.79 Å². The summed E-state index contributed by atoms with van der Waals surface area (Å²) in [5.41, 5.74) is 4.26. The summed E-state index contributed by atoms with van der Waals surface area (Å²) in [4.78, 5) is 12.2. The van der Waals surface area contributed by atoms with Crippen molar-refractivity contribution in [1.29, 1.82) is 0 Å². The van der Waals surface area contributed by atoms with Crippen molar-refractivity contribution in [3.05, 3.63) is 57.6 Å². The van der Waals surface area contributed by atoms with Crippen LogP contribution < -0.4 is 14.8 Å². The molecule has 2 rings (SSSR count). The van der Waals surface area contributed by atoms with Gasteiger partial charge in [0.05, 0.1) is 6.54 Å². The number of carbonyl (C=O) groups excluding carboxylic acids is 1. The smallest absolute Gasteiger partial charge is 0.260 e. The summed E-state index contributed by atoms with van der Waals surface area (Å²) in [7, 11) is 0. The largest absolute Gasteiger partial charge is 0.492 e. The number of rotatable bonds is 7. The number of aryl methyl sites for hydroxylation is 4. The second-order valence-electron chi connectivity index (χ2n) is 6.52. The first-order chi connectivity index (χ1) is 12.3. The minimum Gasteiger partial charge on any atom is -0.492 e. The number of hydrogen-bond acceptors (Lipinski definition) is 3. The average molecular weight is 376 g/mol. The minimum absolute atomic E-state index is 0.182. The van der Waals surface area contributed by atoms with E-state index in [4.69, 9.17) is 21.1 Å². The Morgan fingerprint density at radius 2 is 1.62 bits per heavy atom. The van der Waals surface area contributed by atoms with E-state index in [9.17, 15) is 4.79 Å². The first-order valence-electron chi connectivity index (χ1n) is 8.69. The molecule has 0 aliphatic carbocycles. The van der Waals surface area contributed by atoms with Gasteiger partial charge in [-0.05, 0) is 81.1 Å². The maximum atomic E-state index is 12.2. The summed E-state index contributed by atoms with van der Waals surface area (Å²) in [6.45, 7) is 10.5. The van der Waals surface area contributed by atoms with Crippen LogP contribution in [-0.4, -0.2) is 25.2 Å². The Morgan fingerprint density at radius 1 is 1.00 bits per heavy atom.